The van der Waals surface area contributed by atoms with E-state index in [4.69, 9.17) is 9.47 Å². The number of hydrogen-bond acceptors (Lipinski definition) is 2. The summed E-state index contributed by atoms with van der Waals surface area (Å²) >= 11 is 0. The van der Waals surface area contributed by atoms with Gasteiger partial charge in [-0.3, -0.25) is 0 Å². The molecule has 0 radical (unpaired) electrons. The van der Waals surface area contributed by atoms with Crippen LogP contribution in [0, 0.1) is 0 Å². The van der Waals surface area contributed by atoms with Crippen molar-refractivity contribution in [2.75, 3.05) is 7.11 Å². The molecule has 0 N–H and O–H groups in total. The molecular weight excluding hydrogens is 140 g/mol. The first-order chi connectivity index (χ1) is 5.38. The van der Waals surface area contributed by atoms with E-state index >= 15 is 0 Å². The van der Waals surface area contributed by atoms with Gasteiger partial charge in [-0.15, -0.1) is 0 Å². The van der Waals surface area contributed by atoms with Crippen LogP contribution in [0.5, 0.6) is 0 Å². The average molecular weight is 154 g/mol. The third-order valence-electron chi connectivity index (χ3n) is 2.46. The van der Waals surface area contributed by atoms with E-state index in [9.17, 15) is 0 Å². The van der Waals surface area contributed by atoms with Gasteiger partial charge in [0, 0.05) is 0 Å². The third-order valence-corrected chi connectivity index (χ3v) is 2.46. The summed E-state index contributed by atoms with van der Waals surface area (Å²) in [4.78, 5) is 0. The molecule has 2 aliphatic heterocycles. The van der Waals surface area contributed by atoms with Crippen LogP contribution in [0.2, 0.25) is 0 Å². The molecule has 0 aromatic heterocycles. The summed E-state index contributed by atoms with van der Waals surface area (Å²) in [5, 5.41) is 0. The van der Waals surface area contributed by atoms with Gasteiger partial charge >= 0.3 is 0 Å². The topological polar surface area (TPSA) is 18.5 Å². The molecule has 0 aromatic carbocycles. The molecule has 2 nitrogen and oxygen atoms in total. The minimum atomic E-state index is 0.496. The Morgan fingerprint density at radius 3 is 2.55 bits per heavy atom. The summed E-state index contributed by atoms with van der Waals surface area (Å²) in [6.07, 6.45) is 7.53. The van der Waals surface area contributed by atoms with Gasteiger partial charge in [0.25, 0.3) is 0 Å². The van der Waals surface area contributed by atoms with Crippen LogP contribution in [0.1, 0.15) is 25.7 Å². The van der Waals surface area contributed by atoms with E-state index in [1.165, 1.54) is 18.4 Å². The summed E-state index contributed by atoms with van der Waals surface area (Å²) in [5.41, 5.74) is 1.42. The highest BCUT2D eigenvalue weighted by Gasteiger charge is 2.31. The van der Waals surface area contributed by atoms with Crippen molar-refractivity contribution in [3.05, 3.63) is 11.8 Å². The molecule has 0 aromatic rings. The fourth-order valence-electron chi connectivity index (χ4n) is 2.01. The molecule has 2 unspecified atom stereocenters. The Kier molecular flexibility index (Phi) is 1.86. The SMILES string of the molecule is COC=C1CC2CCC(C1)O2. The lowest BCUT2D eigenvalue weighted by Crippen LogP contribution is -2.19. The van der Waals surface area contributed by atoms with Crippen molar-refractivity contribution >= 4 is 0 Å². The van der Waals surface area contributed by atoms with Crippen LogP contribution in [-0.4, -0.2) is 19.3 Å². The van der Waals surface area contributed by atoms with Crippen molar-refractivity contribution < 1.29 is 9.47 Å². The second-order valence-corrected chi connectivity index (χ2v) is 3.38. The number of ether oxygens (including phenoxy) is 2. The number of hydrogen-bond donors (Lipinski definition) is 0. The van der Waals surface area contributed by atoms with Gasteiger partial charge in [0.2, 0.25) is 0 Å². The van der Waals surface area contributed by atoms with Crippen LogP contribution in [0.15, 0.2) is 11.8 Å². The molecule has 2 bridgehead atoms. The first-order valence-electron chi connectivity index (χ1n) is 4.24. The third kappa shape index (κ3) is 1.41. The molecule has 2 atom stereocenters. The molecule has 0 spiro atoms. The highest BCUT2D eigenvalue weighted by molar-refractivity contribution is 5.07. The van der Waals surface area contributed by atoms with Gasteiger partial charge in [0.05, 0.1) is 25.6 Å². The fourth-order valence-corrected chi connectivity index (χ4v) is 2.01. The number of fused-ring (bicyclic) bond motifs is 2. The normalized spacial score (nSPS) is 35.5. The smallest absolute Gasteiger partial charge is 0.0818 e. The van der Waals surface area contributed by atoms with Crippen LogP contribution in [0.4, 0.5) is 0 Å². The highest BCUT2D eigenvalue weighted by Crippen LogP contribution is 2.35. The Labute approximate surface area is 67.2 Å². The molecule has 2 rings (SSSR count). The maximum atomic E-state index is 5.68. The molecule has 0 saturated carbocycles. The van der Waals surface area contributed by atoms with Gasteiger partial charge in [0.1, 0.15) is 0 Å². The van der Waals surface area contributed by atoms with E-state index < -0.39 is 0 Å². The summed E-state index contributed by atoms with van der Waals surface area (Å²) in [7, 11) is 1.71. The van der Waals surface area contributed by atoms with Crippen LogP contribution in [0.25, 0.3) is 0 Å². The molecule has 2 aliphatic rings. The second-order valence-electron chi connectivity index (χ2n) is 3.38. The molecule has 2 heterocycles. The Balaban J connectivity index is 2.02. The predicted octanol–water partition coefficient (Wildman–Crippen LogP) is 1.86. The van der Waals surface area contributed by atoms with E-state index in [1.807, 2.05) is 6.26 Å². The zero-order chi connectivity index (χ0) is 7.68. The quantitative estimate of drug-likeness (QED) is 0.537. The predicted molar refractivity (Wildman–Crippen MR) is 42.2 cm³/mol. The van der Waals surface area contributed by atoms with E-state index in [1.54, 1.807) is 7.11 Å². The monoisotopic (exact) mass is 154 g/mol. The number of rotatable bonds is 1. The molecule has 2 saturated heterocycles. The average Bonchev–Trinajstić information content (AvgIpc) is 2.32. The molecule has 62 valence electrons. The van der Waals surface area contributed by atoms with Gasteiger partial charge in [-0.05, 0) is 31.3 Å². The van der Waals surface area contributed by atoms with E-state index in [-0.39, 0.29) is 0 Å². The second kappa shape index (κ2) is 2.86. The minimum Gasteiger partial charge on any atom is -0.504 e. The van der Waals surface area contributed by atoms with Gasteiger partial charge in [-0.1, -0.05) is 0 Å². The van der Waals surface area contributed by atoms with Crippen molar-refractivity contribution in [1.29, 1.82) is 0 Å². The van der Waals surface area contributed by atoms with Crippen molar-refractivity contribution in [2.24, 2.45) is 0 Å². The molecule has 0 amide bonds. The summed E-state index contributed by atoms with van der Waals surface area (Å²) in [6, 6.07) is 0. The maximum Gasteiger partial charge on any atom is 0.0818 e. The lowest BCUT2D eigenvalue weighted by atomic mass is 10.0. The zero-order valence-electron chi connectivity index (χ0n) is 6.88. The van der Waals surface area contributed by atoms with Gasteiger partial charge in [-0.25, -0.2) is 0 Å². The van der Waals surface area contributed by atoms with Gasteiger partial charge < -0.3 is 9.47 Å². The van der Waals surface area contributed by atoms with Gasteiger partial charge in [-0.2, -0.15) is 0 Å². The Morgan fingerprint density at radius 1 is 1.36 bits per heavy atom. The standard InChI is InChI=1S/C9H14O2/c1-10-6-7-4-8-2-3-9(5-7)11-8/h6,8-9H,2-5H2,1H3. The lowest BCUT2D eigenvalue weighted by molar-refractivity contribution is 0.0243. The first kappa shape index (κ1) is 7.17. The van der Waals surface area contributed by atoms with Crippen LogP contribution in [-0.2, 0) is 9.47 Å². The molecule has 2 fully saturated rings. The lowest BCUT2D eigenvalue weighted by Gasteiger charge is -2.22. The minimum absolute atomic E-state index is 0.496. The molecule has 2 heteroatoms. The molecule has 11 heavy (non-hydrogen) atoms. The highest BCUT2D eigenvalue weighted by atomic mass is 16.5. The molecule has 0 aliphatic carbocycles. The summed E-state index contributed by atoms with van der Waals surface area (Å²) in [5.74, 6) is 0. The van der Waals surface area contributed by atoms with Gasteiger partial charge in [0.15, 0.2) is 0 Å². The fraction of sp³-hybridized carbons (Fsp3) is 0.778. The first-order valence-corrected chi connectivity index (χ1v) is 4.24. The van der Waals surface area contributed by atoms with Crippen molar-refractivity contribution in [1.82, 2.24) is 0 Å². The van der Waals surface area contributed by atoms with Crippen molar-refractivity contribution in [2.45, 2.75) is 37.9 Å². The van der Waals surface area contributed by atoms with Crippen LogP contribution < -0.4 is 0 Å². The summed E-state index contributed by atoms with van der Waals surface area (Å²) in [6.45, 7) is 0. The zero-order valence-corrected chi connectivity index (χ0v) is 6.88. The molecular formula is C9H14O2. The van der Waals surface area contributed by atoms with Crippen LogP contribution >= 0.6 is 0 Å². The van der Waals surface area contributed by atoms with Crippen LogP contribution in [0.3, 0.4) is 0 Å². The Hall–Kier alpha value is -0.500. The van der Waals surface area contributed by atoms with Crippen molar-refractivity contribution in [3.8, 4) is 0 Å². The number of methoxy groups -OCH3 is 1. The Bertz CT molecular complexity index is 160. The van der Waals surface area contributed by atoms with E-state index in [0.717, 1.165) is 12.8 Å². The summed E-state index contributed by atoms with van der Waals surface area (Å²) < 4.78 is 10.7. The Morgan fingerprint density at radius 2 is 2.00 bits per heavy atom. The van der Waals surface area contributed by atoms with Crippen molar-refractivity contribution in [3.63, 3.8) is 0 Å². The maximum absolute atomic E-state index is 5.68. The van der Waals surface area contributed by atoms with E-state index in [2.05, 4.69) is 0 Å². The largest absolute Gasteiger partial charge is 0.504 e. The van der Waals surface area contributed by atoms with E-state index in [0.29, 0.717) is 12.2 Å².